The summed E-state index contributed by atoms with van der Waals surface area (Å²) in [4.78, 5) is 0. The maximum Gasteiger partial charge on any atom is 0.0418 e. The van der Waals surface area contributed by atoms with Crippen molar-refractivity contribution in [2.45, 2.75) is 0 Å². The Hall–Kier alpha value is -0.930. The van der Waals surface area contributed by atoms with Gasteiger partial charge in [-0.25, -0.2) is 0 Å². The van der Waals surface area contributed by atoms with Crippen LogP contribution in [0.2, 0.25) is 5.02 Å². The maximum atomic E-state index is 5.63. The zero-order valence-corrected chi connectivity index (χ0v) is 5.52. The molecule has 0 spiro atoms. The van der Waals surface area contributed by atoms with Crippen LogP contribution in [0.4, 0.5) is 0 Å². The van der Waals surface area contributed by atoms with Gasteiger partial charge < -0.3 is 0 Å². The fourth-order valence-electron chi connectivity index (χ4n) is 0.578. The second kappa shape index (κ2) is 2.57. The third-order valence-electron chi connectivity index (χ3n) is 0.991. The highest BCUT2D eigenvalue weighted by Gasteiger charge is 1.85. The lowest BCUT2D eigenvalue weighted by Crippen LogP contribution is -1.69. The summed E-state index contributed by atoms with van der Waals surface area (Å²) in [6.07, 6.45) is 5.11. The van der Waals surface area contributed by atoms with Crippen molar-refractivity contribution in [3.63, 3.8) is 0 Å². The van der Waals surface area contributed by atoms with E-state index < -0.39 is 0 Å². The Morgan fingerprint density at radius 3 is 2.67 bits per heavy atom. The highest BCUT2D eigenvalue weighted by molar-refractivity contribution is 6.30. The van der Waals surface area contributed by atoms with Gasteiger partial charge >= 0.3 is 0 Å². The molecule has 9 heavy (non-hydrogen) atoms. The zero-order valence-electron chi connectivity index (χ0n) is 4.76. The summed E-state index contributed by atoms with van der Waals surface area (Å²) < 4.78 is 0. The molecular weight excluding hydrogens is 132 g/mol. The van der Waals surface area contributed by atoms with Crippen LogP contribution in [0.3, 0.4) is 0 Å². The predicted octanol–water partition coefficient (Wildman–Crippen LogP) is 2.32. The minimum absolute atomic E-state index is 0.686. The van der Waals surface area contributed by atoms with Crippen molar-refractivity contribution in [3.8, 4) is 12.3 Å². The molecule has 1 heteroatoms. The Bertz CT molecular complexity index is 245. The van der Waals surface area contributed by atoms with Gasteiger partial charge in [0.15, 0.2) is 0 Å². The largest absolute Gasteiger partial charge is 0.115 e. The van der Waals surface area contributed by atoms with Crippen LogP contribution in [-0.4, -0.2) is 0 Å². The standard InChI is InChI=1S/C8H5Cl/c1-2-7-4-3-5-8(9)6-7/h1,3-6H. The minimum Gasteiger partial charge on any atom is -0.115 e. The maximum absolute atomic E-state index is 5.63. The molecule has 0 aliphatic carbocycles. The Kier molecular flexibility index (Phi) is 1.77. The van der Waals surface area contributed by atoms with E-state index in [9.17, 15) is 0 Å². The zero-order chi connectivity index (χ0) is 6.69. The molecule has 0 aromatic heterocycles. The molecule has 0 radical (unpaired) electrons. The average Bonchev–Trinajstić information content (AvgIpc) is 1.88. The van der Waals surface area contributed by atoms with Crippen molar-refractivity contribution in [2.24, 2.45) is 0 Å². The van der Waals surface area contributed by atoms with Crippen LogP contribution in [0, 0.1) is 12.3 Å². The summed E-state index contributed by atoms with van der Waals surface area (Å²) in [5.74, 6) is 2.48. The summed E-state index contributed by atoms with van der Waals surface area (Å²) in [5.41, 5.74) is 0.822. The SMILES string of the molecule is C#Cc1cccc(Cl)c1. The summed E-state index contributed by atoms with van der Waals surface area (Å²) in [6, 6.07) is 7.22. The summed E-state index contributed by atoms with van der Waals surface area (Å²) in [7, 11) is 0. The minimum atomic E-state index is 0.686. The molecule has 0 amide bonds. The molecule has 0 N–H and O–H groups in total. The van der Waals surface area contributed by atoms with E-state index in [1.165, 1.54) is 0 Å². The van der Waals surface area contributed by atoms with Gasteiger partial charge in [-0.2, -0.15) is 0 Å². The van der Waals surface area contributed by atoms with Gasteiger partial charge in [0.1, 0.15) is 0 Å². The number of benzene rings is 1. The van der Waals surface area contributed by atoms with Gasteiger partial charge in [-0.1, -0.05) is 23.6 Å². The van der Waals surface area contributed by atoms with Crippen molar-refractivity contribution in [2.75, 3.05) is 0 Å². The van der Waals surface area contributed by atoms with Crippen molar-refractivity contribution in [1.29, 1.82) is 0 Å². The van der Waals surface area contributed by atoms with E-state index in [2.05, 4.69) is 5.92 Å². The van der Waals surface area contributed by atoms with Crippen molar-refractivity contribution >= 4 is 11.6 Å². The molecule has 0 unspecified atom stereocenters. The predicted molar refractivity (Wildman–Crippen MR) is 39.4 cm³/mol. The molecule has 0 heterocycles. The van der Waals surface area contributed by atoms with Crippen LogP contribution in [0.5, 0.6) is 0 Å². The summed E-state index contributed by atoms with van der Waals surface area (Å²) in [6.45, 7) is 0. The Labute approximate surface area is 59.5 Å². The van der Waals surface area contributed by atoms with E-state index in [0.29, 0.717) is 5.02 Å². The lowest BCUT2D eigenvalue weighted by atomic mass is 10.2. The van der Waals surface area contributed by atoms with Gasteiger partial charge in [-0.05, 0) is 18.2 Å². The lowest BCUT2D eigenvalue weighted by Gasteiger charge is -1.88. The number of hydrogen-bond donors (Lipinski definition) is 0. The highest BCUT2D eigenvalue weighted by Crippen LogP contribution is 2.08. The van der Waals surface area contributed by atoms with Gasteiger partial charge in [0, 0.05) is 10.6 Å². The van der Waals surface area contributed by atoms with Crippen molar-refractivity contribution in [1.82, 2.24) is 0 Å². The first-order valence-corrected chi connectivity index (χ1v) is 2.93. The molecule has 0 atom stereocenters. The van der Waals surface area contributed by atoms with Crippen LogP contribution in [0.15, 0.2) is 24.3 Å². The fraction of sp³-hybridized carbons (Fsp3) is 0. The Morgan fingerprint density at radius 2 is 2.22 bits per heavy atom. The van der Waals surface area contributed by atoms with Crippen LogP contribution in [0.1, 0.15) is 5.56 Å². The molecule has 0 bridgehead atoms. The number of rotatable bonds is 0. The van der Waals surface area contributed by atoms with Crippen LogP contribution in [-0.2, 0) is 0 Å². The van der Waals surface area contributed by atoms with E-state index in [4.69, 9.17) is 18.0 Å². The number of halogens is 1. The monoisotopic (exact) mass is 136 g/mol. The molecular formula is C8H5Cl. The molecule has 44 valence electrons. The third kappa shape index (κ3) is 1.48. The van der Waals surface area contributed by atoms with Crippen molar-refractivity contribution in [3.05, 3.63) is 34.9 Å². The summed E-state index contributed by atoms with van der Waals surface area (Å²) in [5, 5.41) is 0.686. The van der Waals surface area contributed by atoms with E-state index in [1.807, 2.05) is 12.1 Å². The molecule has 0 nitrogen and oxygen atoms in total. The second-order valence-corrected chi connectivity index (χ2v) is 2.09. The smallest absolute Gasteiger partial charge is 0.0418 e. The van der Waals surface area contributed by atoms with Gasteiger partial charge in [0.05, 0.1) is 0 Å². The molecule has 1 aromatic carbocycles. The Balaban J connectivity index is 3.12. The van der Waals surface area contributed by atoms with E-state index in [1.54, 1.807) is 12.1 Å². The topological polar surface area (TPSA) is 0 Å². The van der Waals surface area contributed by atoms with Crippen LogP contribution >= 0.6 is 11.6 Å². The van der Waals surface area contributed by atoms with Gasteiger partial charge in [-0.15, -0.1) is 6.42 Å². The van der Waals surface area contributed by atoms with E-state index >= 15 is 0 Å². The Morgan fingerprint density at radius 1 is 1.44 bits per heavy atom. The first-order chi connectivity index (χ1) is 4.33. The normalized spacial score (nSPS) is 8.44. The fourth-order valence-corrected chi connectivity index (χ4v) is 0.769. The number of terminal acetylenes is 1. The molecule has 0 saturated carbocycles. The first kappa shape index (κ1) is 6.19. The summed E-state index contributed by atoms with van der Waals surface area (Å²) >= 11 is 5.63. The third-order valence-corrected chi connectivity index (χ3v) is 1.23. The number of hydrogen-bond acceptors (Lipinski definition) is 0. The van der Waals surface area contributed by atoms with E-state index in [0.717, 1.165) is 5.56 Å². The lowest BCUT2D eigenvalue weighted by molar-refractivity contribution is 1.65. The molecule has 0 aliphatic rings. The molecule has 0 aliphatic heterocycles. The molecule has 1 aromatic rings. The van der Waals surface area contributed by atoms with Crippen LogP contribution in [0.25, 0.3) is 0 Å². The molecule has 0 saturated heterocycles. The van der Waals surface area contributed by atoms with Gasteiger partial charge in [-0.3, -0.25) is 0 Å². The average molecular weight is 137 g/mol. The quantitative estimate of drug-likeness (QED) is 0.481. The van der Waals surface area contributed by atoms with Crippen molar-refractivity contribution < 1.29 is 0 Å². The first-order valence-electron chi connectivity index (χ1n) is 2.55. The van der Waals surface area contributed by atoms with Crippen LogP contribution < -0.4 is 0 Å². The molecule has 1 rings (SSSR count). The molecule has 0 fully saturated rings. The second-order valence-electron chi connectivity index (χ2n) is 1.65. The van der Waals surface area contributed by atoms with Gasteiger partial charge in [0.25, 0.3) is 0 Å². The van der Waals surface area contributed by atoms with Gasteiger partial charge in [0.2, 0.25) is 0 Å². The van der Waals surface area contributed by atoms with E-state index in [-0.39, 0.29) is 0 Å². The highest BCUT2D eigenvalue weighted by atomic mass is 35.5.